The topological polar surface area (TPSA) is 127 Å². The number of ether oxygens (including phenoxy) is 6. The lowest BCUT2D eigenvalue weighted by Gasteiger charge is -2.40. The summed E-state index contributed by atoms with van der Waals surface area (Å²) >= 11 is 0. The first kappa shape index (κ1) is 79.5. The monoisotopic (exact) mass is 1350 g/mol. The lowest BCUT2D eigenvalue weighted by molar-refractivity contribution is -0.176. The van der Waals surface area contributed by atoms with Gasteiger partial charge in [-0.15, -0.1) is 0 Å². The number of anilines is 1. The van der Waals surface area contributed by atoms with E-state index in [0.717, 1.165) is 94.6 Å². The number of hydrogen-bond donors (Lipinski definition) is 0. The van der Waals surface area contributed by atoms with Crippen LogP contribution in [0.4, 0.5) is 5.69 Å². The van der Waals surface area contributed by atoms with Gasteiger partial charge in [0, 0.05) is 60.3 Å². The Morgan fingerprint density at radius 2 is 1.05 bits per heavy atom. The van der Waals surface area contributed by atoms with Crippen LogP contribution in [0.15, 0.2) is 137 Å². The van der Waals surface area contributed by atoms with Crippen molar-refractivity contribution in [2.75, 3.05) is 51.0 Å². The average Bonchev–Trinajstić information content (AvgIpc) is 1.66. The number of fused-ring (bicyclic) bond motifs is 3. The first-order valence-corrected chi connectivity index (χ1v) is 37.0. The summed E-state index contributed by atoms with van der Waals surface area (Å²) in [5.74, 6) is 1.51. The highest BCUT2D eigenvalue weighted by Gasteiger charge is 2.40. The van der Waals surface area contributed by atoms with Gasteiger partial charge < -0.3 is 42.6 Å². The van der Waals surface area contributed by atoms with Crippen LogP contribution in [0.3, 0.4) is 0 Å². The van der Waals surface area contributed by atoms with E-state index in [1.165, 1.54) is 67.3 Å². The first-order valence-electron chi connectivity index (χ1n) is 37.0. The van der Waals surface area contributed by atoms with Crippen molar-refractivity contribution in [2.45, 2.75) is 270 Å². The van der Waals surface area contributed by atoms with Gasteiger partial charge >= 0.3 is 5.76 Å². The van der Waals surface area contributed by atoms with E-state index in [2.05, 4.69) is 201 Å². The van der Waals surface area contributed by atoms with Gasteiger partial charge in [0.05, 0.1) is 62.0 Å². The quantitative estimate of drug-likeness (QED) is 0.168. The molecule has 4 saturated heterocycles. The third-order valence-electron chi connectivity index (χ3n) is 19.5. The van der Waals surface area contributed by atoms with E-state index < -0.39 is 0 Å². The van der Waals surface area contributed by atoms with Crippen molar-refractivity contribution < 1.29 is 37.6 Å². The summed E-state index contributed by atoms with van der Waals surface area (Å²) in [5, 5.41) is 0. The fraction of sp³-hybridized carbons (Fsp3) is 0.635. The van der Waals surface area contributed by atoms with Crippen LogP contribution in [0.2, 0.25) is 0 Å². The van der Waals surface area contributed by atoms with E-state index >= 15 is 0 Å². The highest BCUT2D eigenvalue weighted by molar-refractivity contribution is 5.97. The number of aromatic nitrogens is 2. The molecule has 0 bridgehead atoms. The molecule has 5 fully saturated rings. The summed E-state index contributed by atoms with van der Waals surface area (Å²) in [6, 6.07) is 40.6. The molecule has 542 valence electrons. The summed E-state index contributed by atoms with van der Waals surface area (Å²) in [7, 11) is 0. The van der Waals surface area contributed by atoms with Crippen molar-refractivity contribution in [3.05, 3.63) is 160 Å². The molecule has 13 rings (SSSR count). The van der Waals surface area contributed by atoms with Crippen molar-refractivity contribution >= 4 is 22.7 Å². The van der Waals surface area contributed by atoms with E-state index in [0.29, 0.717) is 47.6 Å². The number of carbonyl (C=O) groups is 1. The third kappa shape index (κ3) is 24.2. The number of pyridine rings is 1. The molecular weight excluding hydrogens is 1220 g/mol. The van der Waals surface area contributed by atoms with Gasteiger partial charge in [-0.3, -0.25) is 9.36 Å². The van der Waals surface area contributed by atoms with Crippen LogP contribution in [0.25, 0.3) is 11.1 Å². The number of rotatable bonds is 3. The molecule has 6 aromatic rings. The van der Waals surface area contributed by atoms with Crippen molar-refractivity contribution in [3.8, 4) is 5.88 Å². The predicted molar refractivity (Wildman–Crippen MR) is 403 cm³/mol. The Morgan fingerprint density at radius 1 is 0.469 bits per heavy atom. The zero-order valence-electron chi connectivity index (χ0n) is 64.4. The van der Waals surface area contributed by atoms with E-state index in [4.69, 9.17) is 32.8 Å². The lowest BCUT2D eigenvalue weighted by atomic mass is 9.83. The van der Waals surface area contributed by atoms with Gasteiger partial charge in [0.2, 0.25) is 5.88 Å². The molecule has 7 aliphatic rings. The standard InChI is InChI=1S/C15H22O.C14H21NO.C13H17NO.C12H17NO.C11H13NO2.C11H20O2.C9H18O/c1-15(2,3)14-11-7-10-13(16-14)12-8-5-4-6-9-12;1-14(2,3)13-11-15(9-10-16-13)12-7-5-4-6-8-12;1-13(2,3)14-9-8-10-6-4-5-7-11(10)12(14)15;1-12(2,3)10-7-6-9-5-4-8-13-11(9)14-10;1-11(2,3)12-8-6-4-5-7-9(8)14-10(12)13;1-11(2,3)10-7-12-6-9(13-10)8-4-5-8;1-9(2,3)8-6-4-5-7-10-8/h4-6,8-9,13-14H,7,10-11H2,1-3H3;4-8,13H,9-11H2,1-3H3;4-7H,8-9H2,1-3H3;4-5,8,10H,6-7H2,1-3H3;4-7H,1-3H3;8-10H,4-7H2,1-3H3;8H,4-7H2,1-3H3. The fourth-order valence-electron chi connectivity index (χ4n) is 13.1. The van der Waals surface area contributed by atoms with Gasteiger partial charge in [0.15, 0.2) is 5.58 Å². The maximum Gasteiger partial charge on any atom is 0.420 e. The van der Waals surface area contributed by atoms with Crippen LogP contribution in [-0.4, -0.2) is 109 Å². The Bertz CT molecular complexity index is 3320. The average molecular weight is 1350 g/mol. The molecule has 4 aromatic carbocycles. The van der Waals surface area contributed by atoms with Crippen molar-refractivity contribution in [1.29, 1.82) is 0 Å². The predicted octanol–water partition coefficient (Wildman–Crippen LogP) is 19.8. The molecule has 0 radical (unpaired) electrons. The Hall–Kier alpha value is -5.83. The number of benzene rings is 4. The van der Waals surface area contributed by atoms with E-state index in [-0.39, 0.29) is 50.5 Å². The number of para-hydroxylation sites is 3. The molecule has 98 heavy (non-hydrogen) atoms. The van der Waals surface area contributed by atoms with Crippen LogP contribution in [0, 0.1) is 33.0 Å². The van der Waals surface area contributed by atoms with Gasteiger partial charge in [-0.2, -0.15) is 0 Å². The van der Waals surface area contributed by atoms with Crippen LogP contribution in [-0.2, 0) is 42.1 Å². The van der Waals surface area contributed by atoms with Crippen LogP contribution in [0.5, 0.6) is 5.88 Å². The number of oxazole rings is 1. The van der Waals surface area contributed by atoms with E-state index in [1.54, 1.807) is 16.8 Å². The molecule has 0 spiro atoms. The molecular formula is C85H128N4O9. The third-order valence-corrected chi connectivity index (χ3v) is 19.5. The van der Waals surface area contributed by atoms with Crippen LogP contribution < -0.4 is 15.4 Å². The SMILES string of the molecule is CC(C)(C)C1CCCC(c2ccccc2)O1.CC(C)(C)C1CCCCO1.CC(C)(C)C1CCc2cccnc2O1.CC(C)(C)C1CN(c2ccccc2)CCO1.CC(C)(C)C1COCC(C2CC2)O1.CC(C)(C)N1CCc2ccccc2C1=O.CC(C)(C)n1c(=O)oc2ccccc21. The largest absolute Gasteiger partial charge is 0.474 e. The molecule has 1 aliphatic carbocycles. The number of carbonyl (C=O) groups excluding carboxylic acids is 1. The Balaban J connectivity index is 0.000000162. The second-order valence-electron chi connectivity index (χ2n) is 35.3. The lowest BCUT2D eigenvalue weighted by Crippen LogP contribution is -2.49. The zero-order valence-corrected chi connectivity index (χ0v) is 64.4. The molecule has 13 nitrogen and oxygen atoms in total. The normalized spacial score (nSPS) is 23.0. The maximum absolute atomic E-state index is 12.2. The summed E-state index contributed by atoms with van der Waals surface area (Å²) in [4.78, 5) is 32.4. The van der Waals surface area contributed by atoms with Crippen molar-refractivity contribution in [1.82, 2.24) is 14.5 Å². The van der Waals surface area contributed by atoms with Crippen molar-refractivity contribution in [3.63, 3.8) is 0 Å². The minimum atomic E-state index is -0.293. The second-order valence-corrected chi connectivity index (χ2v) is 35.3. The molecule has 0 N–H and O–H groups in total. The summed E-state index contributed by atoms with van der Waals surface area (Å²) in [6.07, 6.45) is 17.6. The zero-order chi connectivity index (χ0) is 71.9. The van der Waals surface area contributed by atoms with Gasteiger partial charge in [0.25, 0.3) is 5.91 Å². The molecule has 8 heterocycles. The Morgan fingerprint density at radius 3 is 1.64 bits per heavy atom. The molecule has 1 saturated carbocycles. The molecule has 1 amide bonds. The second kappa shape index (κ2) is 34.7. The Kier molecular flexibility index (Phi) is 28.1. The molecule has 7 unspecified atom stereocenters. The maximum atomic E-state index is 12.2. The number of nitrogens with zero attached hydrogens (tertiary/aromatic N) is 4. The minimum absolute atomic E-state index is 0.0788. The van der Waals surface area contributed by atoms with Gasteiger partial charge in [-0.05, 0) is 193 Å². The smallest absolute Gasteiger partial charge is 0.420 e. The highest BCUT2D eigenvalue weighted by Crippen LogP contribution is 2.41. The molecule has 2 aromatic heterocycles. The van der Waals surface area contributed by atoms with E-state index in [9.17, 15) is 9.59 Å². The molecule has 6 aliphatic heterocycles. The number of amides is 1. The van der Waals surface area contributed by atoms with E-state index in [1.807, 2.05) is 74.2 Å². The van der Waals surface area contributed by atoms with Gasteiger partial charge in [-0.1, -0.05) is 189 Å². The van der Waals surface area contributed by atoms with Crippen LogP contribution >= 0.6 is 0 Å². The van der Waals surface area contributed by atoms with Gasteiger partial charge in [0.1, 0.15) is 6.10 Å². The van der Waals surface area contributed by atoms with Crippen LogP contribution in [0.1, 0.15) is 236 Å². The summed E-state index contributed by atoms with van der Waals surface area (Å²) < 4.78 is 42.1. The highest BCUT2D eigenvalue weighted by atomic mass is 16.6. The summed E-state index contributed by atoms with van der Waals surface area (Å²) in [5.41, 5.74) is 8.35. The molecule has 13 heteroatoms. The fourth-order valence-corrected chi connectivity index (χ4v) is 13.1. The summed E-state index contributed by atoms with van der Waals surface area (Å²) in [6.45, 7) is 52.0. The number of aryl methyl sites for hydroxylation is 1. The number of hydrogen-bond acceptors (Lipinski definition) is 11. The van der Waals surface area contributed by atoms with Gasteiger partial charge in [-0.25, -0.2) is 9.78 Å². The first-order chi connectivity index (χ1) is 45.9. The number of morpholine rings is 1. The Labute approximate surface area is 591 Å². The minimum Gasteiger partial charge on any atom is -0.474 e. The molecule has 7 atom stereocenters. The van der Waals surface area contributed by atoms with Crippen molar-refractivity contribution in [2.24, 2.45) is 33.0 Å².